The summed E-state index contributed by atoms with van der Waals surface area (Å²) in [6, 6.07) is 18.2. The largest absolute Gasteiger partial charge is 0.341 e. The second-order valence-corrected chi connectivity index (χ2v) is 7.75. The van der Waals surface area contributed by atoms with E-state index in [1.165, 1.54) is 5.56 Å². The third-order valence-electron chi connectivity index (χ3n) is 5.81. The minimum Gasteiger partial charge on any atom is -0.341 e. The number of halogens is 1. The molecule has 25 heavy (non-hydrogen) atoms. The second kappa shape index (κ2) is 6.47. The van der Waals surface area contributed by atoms with Gasteiger partial charge in [0.25, 0.3) is 0 Å². The molecule has 2 aromatic rings. The van der Waals surface area contributed by atoms with Gasteiger partial charge in [-0.15, -0.1) is 0 Å². The van der Waals surface area contributed by atoms with E-state index in [1.807, 2.05) is 35.2 Å². The van der Waals surface area contributed by atoms with Gasteiger partial charge in [0.15, 0.2) is 0 Å². The maximum absolute atomic E-state index is 13.3. The van der Waals surface area contributed by atoms with E-state index in [-0.39, 0.29) is 11.3 Å². The van der Waals surface area contributed by atoms with Gasteiger partial charge in [-0.05, 0) is 48.6 Å². The van der Waals surface area contributed by atoms with Crippen LogP contribution in [-0.2, 0) is 10.2 Å². The zero-order valence-corrected chi connectivity index (χ0v) is 15.0. The summed E-state index contributed by atoms with van der Waals surface area (Å²) >= 11 is 6.00. The summed E-state index contributed by atoms with van der Waals surface area (Å²) < 4.78 is 0. The molecule has 0 aromatic heterocycles. The molecule has 2 aromatic carbocycles. The molecule has 0 bridgehead atoms. The van der Waals surface area contributed by atoms with Crippen LogP contribution in [0.2, 0.25) is 5.02 Å². The van der Waals surface area contributed by atoms with Gasteiger partial charge in [-0.2, -0.15) is 0 Å². The quantitative estimate of drug-likeness (QED) is 0.912. The summed E-state index contributed by atoms with van der Waals surface area (Å²) in [4.78, 5) is 15.3. The van der Waals surface area contributed by atoms with Gasteiger partial charge in [0.05, 0.1) is 5.41 Å². The van der Waals surface area contributed by atoms with Crippen molar-refractivity contribution >= 4 is 17.5 Å². The number of benzene rings is 2. The number of nitrogens with zero attached hydrogens (tertiary/aromatic N) is 1. The van der Waals surface area contributed by atoms with Gasteiger partial charge in [-0.25, -0.2) is 0 Å². The van der Waals surface area contributed by atoms with Gasteiger partial charge in [0.2, 0.25) is 5.91 Å². The van der Waals surface area contributed by atoms with Crippen LogP contribution in [-0.4, -0.2) is 30.4 Å². The predicted molar refractivity (Wildman–Crippen MR) is 101 cm³/mol. The molecular formula is C21H23ClN2O. The third-order valence-corrected chi connectivity index (χ3v) is 6.07. The Morgan fingerprint density at radius 1 is 1.08 bits per heavy atom. The highest BCUT2D eigenvalue weighted by molar-refractivity contribution is 6.30. The minimum atomic E-state index is -0.338. The first-order valence-corrected chi connectivity index (χ1v) is 9.32. The SMILES string of the molecule is NC[C@@H]1CN(C(=O)C2(c3ccc(Cl)cc3)CC2)C[C@H]1c1ccccc1. The van der Waals surface area contributed by atoms with Crippen molar-refractivity contribution in [3.63, 3.8) is 0 Å². The lowest BCUT2D eigenvalue weighted by molar-refractivity contribution is -0.133. The molecular weight excluding hydrogens is 332 g/mol. The number of nitrogens with two attached hydrogens (primary N) is 1. The molecule has 2 atom stereocenters. The molecule has 2 N–H and O–H groups in total. The first-order chi connectivity index (χ1) is 12.1. The molecule has 3 nitrogen and oxygen atoms in total. The first-order valence-electron chi connectivity index (χ1n) is 8.94. The Kier molecular flexibility index (Phi) is 4.30. The number of rotatable bonds is 4. The van der Waals surface area contributed by atoms with E-state index in [9.17, 15) is 4.79 Å². The highest BCUT2D eigenvalue weighted by Gasteiger charge is 2.54. The molecule has 1 amide bonds. The van der Waals surface area contributed by atoms with Crippen molar-refractivity contribution in [1.29, 1.82) is 0 Å². The highest BCUT2D eigenvalue weighted by Crippen LogP contribution is 2.51. The molecule has 4 rings (SSSR count). The van der Waals surface area contributed by atoms with Crippen LogP contribution in [0.1, 0.15) is 29.9 Å². The molecule has 1 saturated carbocycles. The van der Waals surface area contributed by atoms with Crippen LogP contribution in [0, 0.1) is 5.92 Å². The Bertz CT molecular complexity index is 755. The van der Waals surface area contributed by atoms with Crippen molar-refractivity contribution in [2.24, 2.45) is 11.7 Å². The Morgan fingerprint density at radius 2 is 1.76 bits per heavy atom. The summed E-state index contributed by atoms with van der Waals surface area (Å²) in [5, 5.41) is 0.709. The van der Waals surface area contributed by atoms with Crippen LogP contribution in [0.25, 0.3) is 0 Å². The molecule has 0 spiro atoms. The highest BCUT2D eigenvalue weighted by atomic mass is 35.5. The fraction of sp³-hybridized carbons (Fsp3) is 0.381. The molecule has 2 fully saturated rings. The van der Waals surface area contributed by atoms with Crippen molar-refractivity contribution in [3.05, 3.63) is 70.7 Å². The van der Waals surface area contributed by atoms with Crippen molar-refractivity contribution in [2.75, 3.05) is 19.6 Å². The van der Waals surface area contributed by atoms with Gasteiger partial charge in [0, 0.05) is 24.0 Å². The maximum Gasteiger partial charge on any atom is 0.233 e. The van der Waals surface area contributed by atoms with Crippen molar-refractivity contribution < 1.29 is 4.79 Å². The molecule has 1 saturated heterocycles. The van der Waals surface area contributed by atoms with Crippen LogP contribution in [0.3, 0.4) is 0 Å². The Balaban J connectivity index is 1.56. The summed E-state index contributed by atoms with van der Waals surface area (Å²) in [5.74, 6) is 0.912. The topological polar surface area (TPSA) is 46.3 Å². The number of amides is 1. The van der Waals surface area contributed by atoms with E-state index in [0.717, 1.165) is 31.5 Å². The molecule has 0 unspecified atom stereocenters. The summed E-state index contributed by atoms with van der Waals surface area (Å²) in [6.45, 7) is 2.13. The number of hydrogen-bond acceptors (Lipinski definition) is 2. The lowest BCUT2D eigenvalue weighted by Gasteiger charge is -2.24. The van der Waals surface area contributed by atoms with Crippen molar-refractivity contribution in [3.8, 4) is 0 Å². The van der Waals surface area contributed by atoms with E-state index in [0.29, 0.717) is 23.4 Å². The third kappa shape index (κ3) is 2.96. The van der Waals surface area contributed by atoms with Gasteiger partial charge >= 0.3 is 0 Å². The van der Waals surface area contributed by atoms with E-state index < -0.39 is 0 Å². The normalized spacial score (nSPS) is 24.3. The molecule has 2 aliphatic rings. The molecule has 130 valence electrons. The summed E-state index contributed by atoms with van der Waals surface area (Å²) in [5.41, 5.74) is 8.06. The smallest absolute Gasteiger partial charge is 0.233 e. The maximum atomic E-state index is 13.3. The van der Waals surface area contributed by atoms with Crippen molar-refractivity contribution in [1.82, 2.24) is 4.90 Å². The second-order valence-electron chi connectivity index (χ2n) is 7.31. The molecule has 4 heteroatoms. The zero-order chi connectivity index (χ0) is 17.4. The minimum absolute atomic E-state index is 0.256. The van der Waals surface area contributed by atoms with E-state index in [2.05, 4.69) is 24.3 Å². The predicted octanol–water partition coefficient (Wildman–Crippen LogP) is 3.57. The number of carbonyl (C=O) groups is 1. The van der Waals surface area contributed by atoms with Crippen LogP contribution in [0.15, 0.2) is 54.6 Å². The molecule has 1 aliphatic heterocycles. The fourth-order valence-corrected chi connectivity index (χ4v) is 4.30. The van der Waals surface area contributed by atoms with Gasteiger partial charge in [0.1, 0.15) is 0 Å². The Morgan fingerprint density at radius 3 is 2.36 bits per heavy atom. The standard InChI is InChI=1S/C21H23ClN2O/c22-18-8-6-17(7-9-18)21(10-11-21)20(25)24-13-16(12-23)19(14-24)15-4-2-1-3-5-15/h1-9,16,19H,10-14,23H2/t16-,19+/m1/s1. The molecule has 0 radical (unpaired) electrons. The monoisotopic (exact) mass is 354 g/mol. The summed E-state index contributed by atoms with van der Waals surface area (Å²) in [7, 11) is 0. The number of carbonyl (C=O) groups excluding carboxylic acids is 1. The average Bonchev–Trinajstić information content (AvgIpc) is 3.34. The Labute approximate surface area is 153 Å². The van der Waals surface area contributed by atoms with Crippen LogP contribution in [0.5, 0.6) is 0 Å². The zero-order valence-electron chi connectivity index (χ0n) is 14.2. The first kappa shape index (κ1) is 16.6. The average molecular weight is 355 g/mol. The lowest BCUT2D eigenvalue weighted by Crippen LogP contribution is -2.38. The van der Waals surface area contributed by atoms with Gasteiger partial charge in [-0.3, -0.25) is 4.79 Å². The molecule has 1 aliphatic carbocycles. The van der Waals surface area contributed by atoms with E-state index in [1.54, 1.807) is 0 Å². The summed E-state index contributed by atoms with van der Waals surface area (Å²) in [6.07, 6.45) is 1.85. The number of likely N-dealkylation sites (tertiary alicyclic amines) is 1. The van der Waals surface area contributed by atoms with Crippen LogP contribution in [0.4, 0.5) is 0 Å². The van der Waals surface area contributed by atoms with Gasteiger partial charge in [-0.1, -0.05) is 54.1 Å². The van der Waals surface area contributed by atoms with Gasteiger partial charge < -0.3 is 10.6 Å². The van der Waals surface area contributed by atoms with Crippen LogP contribution < -0.4 is 5.73 Å². The number of hydrogen-bond donors (Lipinski definition) is 1. The Hall–Kier alpha value is -1.84. The lowest BCUT2D eigenvalue weighted by atomic mass is 9.89. The van der Waals surface area contributed by atoms with Crippen molar-refractivity contribution in [2.45, 2.75) is 24.2 Å². The van der Waals surface area contributed by atoms with Crippen LogP contribution >= 0.6 is 11.6 Å². The van der Waals surface area contributed by atoms with E-state index in [4.69, 9.17) is 17.3 Å². The molecule has 1 heterocycles. The fourth-order valence-electron chi connectivity index (χ4n) is 4.18. The van der Waals surface area contributed by atoms with E-state index >= 15 is 0 Å².